The van der Waals surface area contributed by atoms with Crippen molar-refractivity contribution in [2.75, 3.05) is 0 Å². The number of rotatable bonds is 2. The van der Waals surface area contributed by atoms with Crippen molar-refractivity contribution < 1.29 is 0 Å². The smallest absolute Gasteiger partial charge is 0.0991 e. The maximum absolute atomic E-state index is 8.68. The van der Waals surface area contributed by atoms with Crippen molar-refractivity contribution in [2.24, 2.45) is 5.41 Å². The minimum Gasteiger partial charge on any atom is -0.192 e. The number of nitrogens with zero attached hydrogens (tertiary/aromatic N) is 1. The third-order valence-electron chi connectivity index (χ3n) is 2.17. The van der Waals surface area contributed by atoms with E-state index in [1.807, 2.05) is 24.3 Å². The zero-order valence-electron chi connectivity index (χ0n) is 9.67. The number of nitriles is 1. The van der Waals surface area contributed by atoms with Gasteiger partial charge >= 0.3 is 0 Å². The van der Waals surface area contributed by atoms with E-state index in [1.54, 1.807) is 0 Å². The Morgan fingerprint density at radius 3 is 2.20 bits per heavy atom. The molecule has 0 amide bonds. The Balaban J connectivity index is 2.80. The summed E-state index contributed by atoms with van der Waals surface area (Å²) < 4.78 is 0. The van der Waals surface area contributed by atoms with Gasteiger partial charge in [0, 0.05) is 0 Å². The normalized spacial score (nSPS) is 10.8. The van der Waals surface area contributed by atoms with Gasteiger partial charge in [-0.2, -0.15) is 5.26 Å². The Morgan fingerprint density at radius 2 is 1.80 bits per heavy atom. The standard InChI is InChI=1S/C14H17N/c1-11(9-14(2,3)4)13-7-5-12(10-15)6-8-13/h5-8H,1,9H2,2-4H3. The maximum atomic E-state index is 8.68. The quantitative estimate of drug-likeness (QED) is 0.706. The highest BCUT2D eigenvalue weighted by molar-refractivity contribution is 5.64. The molecule has 0 saturated carbocycles. The summed E-state index contributed by atoms with van der Waals surface area (Å²) in [6.07, 6.45) is 0.971. The van der Waals surface area contributed by atoms with Crippen molar-refractivity contribution in [2.45, 2.75) is 27.2 Å². The molecule has 0 fully saturated rings. The van der Waals surface area contributed by atoms with Crippen LogP contribution in [-0.2, 0) is 0 Å². The maximum Gasteiger partial charge on any atom is 0.0991 e. The Kier molecular flexibility index (Phi) is 3.31. The summed E-state index contributed by atoms with van der Waals surface area (Å²) in [5.74, 6) is 0. The van der Waals surface area contributed by atoms with E-state index in [9.17, 15) is 0 Å². The van der Waals surface area contributed by atoms with Crippen LogP contribution < -0.4 is 0 Å². The summed E-state index contributed by atoms with van der Waals surface area (Å²) in [5.41, 5.74) is 3.21. The van der Waals surface area contributed by atoms with Crippen molar-refractivity contribution in [3.05, 3.63) is 42.0 Å². The lowest BCUT2D eigenvalue weighted by Gasteiger charge is -2.19. The van der Waals surface area contributed by atoms with Crippen LogP contribution in [0.3, 0.4) is 0 Å². The van der Waals surface area contributed by atoms with Crippen LogP contribution in [0.5, 0.6) is 0 Å². The van der Waals surface area contributed by atoms with Gasteiger partial charge in [0.05, 0.1) is 11.6 Å². The highest BCUT2D eigenvalue weighted by atomic mass is 14.2. The van der Waals surface area contributed by atoms with Crippen LogP contribution in [-0.4, -0.2) is 0 Å². The van der Waals surface area contributed by atoms with Gasteiger partial charge in [-0.05, 0) is 35.1 Å². The van der Waals surface area contributed by atoms with Crippen LogP contribution in [0.25, 0.3) is 5.57 Å². The van der Waals surface area contributed by atoms with E-state index in [0.29, 0.717) is 5.56 Å². The van der Waals surface area contributed by atoms with Crippen molar-refractivity contribution in [1.29, 1.82) is 5.26 Å². The molecule has 0 aliphatic heterocycles. The Labute approximate surface area is 92.1 Å². The van der Waals surface area contributed by atoms with Crippen LogP contribution in [0.15, 0.2) is 30.8 Å². The summed E-state index contributed by atoms with van der Waals surface area (Å²) in [5, 5.41) is 8.68. The monoisotopic (exact) mass is 199 g/mol. The molecule has 0 aliphatic carbocycles. The minimum atomic E-state index is 0.255. The van der Waals surface area contributed by atoms with Gasteiger partial charge in [-0.15, -0.1) is 0 Å². The van der Waals surface area contributed by atoms with Crippen molar-refractivity contribution >= 4 is 5.57 Å². The molecule has 1 aromatic rings. The van der Waals surface area contributed by atoms with E-state index in [1.165, 1.54) is 0 Å². The zero-order chi connectivity index (χ0) is 11.5. The number of benzene rings is 1. The van der Waals surface area contributed by atoms with Crippen LogP contribution >= 0.6 is 0 Å². The number of hydrogen-bond donors (Lipinski definition) is 0. The Hall–Kier alpha value is -1.55. The van der Waals surface area contributed by atoms with Gasteiger partial charge in [0.2, 0.25) is 0 Å². The molecule has 0 N–H and O–H groups in total. The molecule has 0 radical (unpaired) electrons. The molecule has 0 atom stereocenters. The molecule has 0 spiro atoms. The third kappa shape index (κ3) is 3.59. The highest BCUT2D eigenvalue weighted by Gasteiger charge is 2.12. The topological polar surface area (TPSA) is 23.8 Å². The molecule has 1 nitrogen and oxygen atoms in total. The van der Waals surface area contributed by atoms with Crippen LogP contribution in [0, 0.1) is 16.7 Å². The van der Waals surface area contributed by atoms with Gasteiger partial charge < -0.3 is 0 Å². The average molecular weight is 199 g/mol. The first-order chi connectivity index (χ1) is 6.92. The summed E-state index contributed by atoms with van der Waals surface area (Å²) >= 11 is 0. The average Bonchev–Trinajstić information content (AvgIpc) is 2.15. The third-order valence-corrected chi connectivity index (χ3v) is 2.17. The first-order valence-corrected chi connectivity index (χ1v) is 5.11. The fraction of sp³-hybridized carbons (Fsp3) is 0.357. The first kappa shape index (κ1) is 11.5. The van der Waals surface area contributed by atoms with Gasteiger partial charge in [-0.1, -0.05) is 39.5 Å². The molecule has 0 saturated heterocycles. The second-order valence-electron chi connectivity index (χ2n) is 5.03. The molecular weight excluding hydrogens is 182 g/mol. The van der Waals surface area contributed by atoms with Crippen molar-refractivity contribution in [3.8, 4) is 6.07 Å². The van der Waals surface area contributed by atoms with Crippen molar-refractivity contribution in [3.63, 3.8) is 0 Å². The second kappa shape index (κ2) is 4.31. The van der Waals surface area contributed by atoms with E-state index in [-0.39, 0.29) is 5.41 Å². The Bertz CT molecular complexity index is 385. The second-order valence-corrected chi connectivity index (χ2v) is 5.03. The molecule has 1 rings (SSSR count). The van der Waals surface area contributed by atoms with E-state index in [0.717, 1.165) is 17.6 Å². The highest BCUT2D eigenvalue weighted by Crippen LogP contribution is 2.28. The lowest BCUT2D eigenvalue weighted by atomic mass is 9.86. The molecule has 15 heavy (non-hydrogen) atoms. The van der Waals surface area contributed by atoms with Crippen LogP contribution in [0.4, 0.5) is 0 Å². The fourth-order valence-electron chi connectivity index (χ4n) is 1.52. The SMILES string of the molecule is C=C(CC(C)(C)C)c1ccc(C#N)cc1. The van der Waals surface area contributed by atoms with Gasteiger partial charge in [0.15, 0.2) is 0 Å². The number of allylic oxidation sites excluding steroid dienone is 1. The first-order valence-electron chi connectivity index (χ1n) is 5.11. The molecule has 1 aromatic carbocycles. The summed E-state index contributed by atoms with van der Waals surface area (Å²) in [6, 6.07) is 9.71. The molecule has 0 aromatic heterocycles. The van der Waals surface area contributed by atoms with Gasteiger partial charge in [0.1, 0.15) is 0 Å². The zero-order valence-corrected chi connectivity index (χ0v) is 9.67. The molecule has 78 valence electrons. The molecule has 0 unspecified atom stereocenters. The predicted molar refractivity (Wildman–Crippen MR) is 64.3 cm³/mol. The fourth-order valence-corrected chi connectivity index (χ4v) is 1.52. The molecular formula is C14H17N. The Morgan fingerprint density at radius 1 is 1.27 bits per heavy atom. The minimum absolute atomic E-state index is 0.255. The van der Waals surface area contributed by atoms with Gasteiger partial charge in [0.25, 0.3) is 0 Å². The van der Waals surface area contributed by atoms with E-state index >= 15 is 0 Å². The summed E-state index contributed by atoms with van der Waals surface area (Å²) in [6.45, 7) is 10.7. The molecule has 0 heterocycles. The van der Waals surface area contributed by atoms with Crippen LogP contribution in [0.1, 0.15) is 38.3 Å². The lowest BCUT2D eigenvalue weighted by molar-refractivity contribution is 0.427. The van der Waals surface area contributed by atoms with Gasteiger partial charge in [-0.25, -0.2) is 0 Å². The van der Waals surface area contributed by atoms with E-state index < -0.39 is 0 Å². The lowest BCUT2D eigenvalue weighted by Crippen LogP contribution is -2.05. The predicted octanol–water partition coefficient (Wildman–Crippen LogP) is 4.01. The van der Waals surface area contributed by atoms with E-state index in [4.69, 9.17) is 5.26 Å². The van der Waals surface area contributed by atoms with Crippen molar-refractivity contribution in [1.82, 2.24) is 0 Å². The van der Waals surface area contributed by atoms with Gasteiger partial charge in [-0.3, -0.25) is 0 Å². The van der Waals surface area contributed by atoms with E-state index in [2.05, 4.69) is 33.4 Å². The largest absolute Gasteiger partial charge is 0.192 e. The van der Waals surface area contributed by atoms with Crippen LogP contribution in [0.2, 0.25) is 0 Å². The summed E-state index contributed by atoms with van der Waals surface area (Å²) in [7, 11) is 0. The molecule has 1 heteroatoms. The molecule has 0 aliphatic rings. The number of hydrogen-bond acceptors (Lipinski definition) is 1. The molecule has 0 bridgehead atoms. The summed E-state index contributed by atoms with van der Waals surface area (Å²) in [4.78, 5) is 0.